The second kappa shape index (κ2) is 13.4. The Bertz CT molecular complexity index is 551. The van der Waals surface area contributed by atoms with Crippen LogP contribution in [-0.4, -0.2) is 68.1 Å². The molecule has 1 aromatic rings. The predicted octanol–water partition coefficient (Wildman–Crippen LogP) is 3.31. The molecule has 0 amide bonds. The van der Waals surface area contributed by atoms with Crippen molar-refractivity contribution in [2.75, 3.05) is 46.3 Å². The second-order valence-corrected chi connectivity index (χ2v) is 7.94. The summed E-state index contributed by atoms with van der Waals surface area (Å²) in [6.07, 6.45) is 7.75. The Morgan fingerprint density at radius 2 is 1.68 bits per heavy atom. The van der Waals surface area contributed by atoms with Crippen LogP contribution in [0.2, 0.25) is 0 Å². The van der Waals surface area contributed by atoms with Gasteiger partial charge in [0.1, 0.15) is 0 Å². The lowest BCUT2D eigenvalue weighted by Gasteiger charge is -2.34. The fourth-order valence-electron chi connectivity index (χ4n) is 4.14. The molecule has 6 heteroatoms. The molecule has 0 atom stereocenters. The van der Waals surface area contributed by atoms with Crippen molar-refractivity contribution in [1.82, 2.24) is 20.4 Å². The molecule has 0 aromatic heterocycles. The molecule has 28 heavy (non-hydrogen) atoms. The average Bonchev–Trinajstić information content (AvgIpc) is 3.22. The Morgan fingerprint density at radius 3 is 2.36 bits per heavy atom. The molecule has 1 aromatic carbocycles. The molecule has 1 heterocycles. The van der Waals surface area contributed by atoms with E-state index in [4.69, 9.17) is 0 Å². The van der Waals surface area contributed by atoms with Gasteiger partial charge in [0, 0.05) is 52.4 Å². The van der Waals surface area contributed by atoms with Crippen LogP contribution in [-0.2, 0) is 6.54 Å². The molecule has 1 aliphatic carbocycles. The molecule has 0 spiro atoms. The molecule has 0 bridgehead atoms. The van der Waals surface area contributed by atoms with Gasteiger partial charge in [-0.15, -0.1) is 24.0 Å². The standard InChI is InChI=1S/C22H37N5.HI/c1-23-22(25-21-11-5-6-12-21)24-13-7-8-14-26-15-17-27(18-16-26)19-20-9-3-2-4-10-20;/h2-4,9-10,21H,5-8,11-19H2,1H3,(H2,23,24,25);1H. The molecule has 0 unspecified atom stereocenters. The molecule has 1 saturated carbocycles. The third-order valence-corrected chi connectivity index (χ3v) is 5.83. The number of hydrogen-bond donors (Lipinski definition) is 2. The van der Waals surface area contributed by atoms with Gasteiger partial charge in [0.2, 0.25) is 0 Å². The summed E-state index contributed by atoms with van der Waals surface area (Å²) < 4.78 is 0. The van der Waals surface area contributed by atoms with Gasteiger partial charge in [-0.2, -0.15) is 0 Å². The zero-order valence-corrected chi connectivity index (χ0v) is 19.7. The van der Waals surface area contributed by atoms with Gasteiger partial charge >= 0.3 is 0 Å². The van der Waals surface area contributed by atoms with Crippen molar-refractivity contribution in [2.24, 2.45) is 4.99 Å². The molecule has 2 aliphatic rings. The highest BCUT2D eigenvalue weighted by atomic mass is 127. The molecule has 1 aliphatic heterocycles. The van der Waals surface area contributed by atoms with Crippen LogP contribution in [0.25, 0.3) is 0 Å². The van der Waals surface area contributed by atoms with E-state index >= 15 is 0 Å². The molecular weight excluding hydrogens is 461 g/mol. The minimum Gasteiger partial charge on any atom is -0.356 e. The lowest BCUT2D eigenvalue weighted by molar-refractivity contribution is 0.126. The first-order chi connectivity index (χ1) is 13.3. The summed E-state index contributed by atoms with van der Waals surface area (Å²) in [7, 11) is 1.87. The SMILES string of the molecule is CN=C(NCCCCN1CCN(Cc2ccccc2)CC1)NC1CCCC1.I. The van der Waals surface area contributed by atoms with Gasteiger partial charge < -0.3 is 15.5 Å². The van der Waals surface area contributed by atoms with E-state index in [9.17, 15) is 0 Å². The highest BCUT2D eigenvalue weighted by Gasteiger charge is 2.17. The molecule has 3 rings (SSSR count). The highest BCUT2D eigenvalue weighted by Crippen LogP contribution is 2.17. The van der Waals surface area contributed by atoms with E-state index in [0.717, 1.165) is 19.0 Å². The monoisotopic (exact) mass is 499 g/mol. The van der Waals surface area contributed by atoms with E-state index in [1.165, 1.54) is 76.8 Å². The number of nitrogens with one attached hydrogen (secondary N) is 2. The van der Waals surface area contributed by atoms with Gasteiger partial charge in [0.15, 0.2) is 5.96 Å². The minimum atomic E-state index is 0. The van der Waals surface area contributed by atoms with E-state index in [2.05, 4.69) is 55.8 Å². The quantitative estimate of drug-likeness (QED) is 0.249. The summed E-state index contributed by atoms with van der Waals surface area (Å²) in [5, 5.41) is 7.03. The summed E-state index contributed by atoms with van der Waals surface area (Å²) in [6, 6.07) is 11.5. The second-order valence-electron chi connectivity index (χ2n) is 7.94. The topological polar surface area (TPSA) is 42.9 Å². The maximum absolute atomic E-state index is 4.36. The third-order valence-electron chi connectivity index (χ3n) is 5.83. The third kappa shape index (κ3) is 8.25. The number of unbranched alkanes of at least 4 members (excludes halogenated alkanes) is 1. The molecule has 1 saturated heterocycles. The van der Waals surface area contributed by atoms with Crippen molar-refractivity contribution in [2.45, 2.75) is 51.1 Å². The number of guanidine groups is 1. The lowest BCUT2D eigenvalue weighted by Crippen LogP contribution is -2.46. The number of rotatable bonds is 8. The van der Waals surface area contributed by atoms with Crippen LogP contribution in [0.5, 0.6) is 0 Å². The average molecular weight is 499 g/mol. The smallest absolute Gasteiger partial charge is 0.191 e. The first kappa shape index (κ1) is 23.4. The Morgan fingerprint density at radius 1 is 1.00 bits per heavy atom. The predicted molar refractivity (Wildman–Crippen MR) is 130 cm³/mol. The van der Waals surface area contributed by atoms with Gasteiger partial charge in [0.25, 0.3) is 0 Å². The Balaban J connectivity index is 0.00000280. The maximum atomic E-state index is 4.36. The zero-order chi connectivity index (χ0) is 18.7. The number of benzene rings is 1. The van der Waals surface area contributed by atoms with Crippen molar-refractivity contribution in [3.8, 4) is 0 Å². The van der Waals surface area contributed by atoms with Gasteiger partial charge in [0.05, 0.1) is 0 Å². The van der Waals surface area contributed by atoms with Crippen LogP contribution >= 0.6 is 24.0 Å². The van der Waals surface area contributed by atoms with Gasteiger partial charge in [-0.3, -0.25) is 9.89 Å². The number of piperazine rings is 1. The van der Waals surface area contributed by atoms with Crippen molar-refractivity contribution < 1.29 is 0 Å². The van der Waals surface area contributed by atoms with Crippen molar-refractivity contribution in [3.05, 3.63) is 35.9 Å². The number of nitrogens with zero attached hydrogens (tertiary/aromatic N) is 3. The Kier molecular flexibility index (Phi) is 11.2. The van der Waals surface area contributed by atoms with E-state index in [1.54, 1.807) is 0 Å². The first-order valence-electron chi connectivity index (χ1n) is 10.8. The van der Waals surface area contributed by atoms with E-state index in [-0.39, 0.29) is 24.0 Å². The minimum absolute atomic E-state index is 0. The van der Waals surface area contributed by atoms with E-state index in [1.807, 2.05) is 7.05 Å². The highest BCUT2D eigenvalue weighted by molar-refractivity contribution is 14.0. The molecule has 2 fully saturated rings. The van der Waals surface area contributed by atoms with Gasteiger partial charge in [-0.25, -0.2) is 0 Å². The lowest BCUT2D eigenvalue weighted by atomic mass is 10.2. The van der Waals surface area contributed by atoms with Crippen LogP contribution < -0.4 is 10.6 Å². The fourth-order valence-corrected chi connectivity index (χ4v) is 4.14. The van der Waals surface area contributed by atoms with Crippen LogP contribution in [0.1, 0.15) is 44.1 Å². The Hall–Kier alpha value is -0.860. The number of halogens is 1. The van der Waals surface area contributed by atoms with E-state index < -0.39 is 0 Å². The van der Waals surface area contributed by atoms with Crippen molar-refractivity contribution in [1.29, 1.82) is 0 Å². The van der Waals surface area contributed by atoms with Crippen LogP contribution in [0, 0.1) is 0 Å². The maximum Gasteiger partial charge on any atom is 0.191 e. The largest absolute Gasteiger partial charge is 0.356 e. The summed E-state index contributed by atoms with van der Waals surface area (Å²) in [4.78, 5) is 9.55. The van der Waals surface area contributed by atoms with Gasteiger partial charge in [-0.05, 0) is 37.8 Å². The summed E-state index contributed by atoms with van der Waals surface area (Å²) in [6.45, 7) is 8.09. The molecule has 2 N–H and O–H groups in total. The number of aliphatic imine (C=N–C) groups is 1. The molecule has 5 nitrogen and oxygen atoms in total. The first-order valence-corrected chi connectivity index (χ1v) is 10.8. The number of hydrogen-bond acceptors (Lipinski definition) is 3. The summed E-state index contributed by atoms with van der Waals surface area (Å²) >= 11 is 0. The van der Waals surface area contributed by atoms with Crippen LogP contribution in [0.15, 0.2) is 35.3 Å². The molecule has 158 valence electrons. The van der Waals surface area contributed by atoms with Crippen LogP contribution in [0.4, 0.5) is 0 Å². The summed E-state index contributed by atoms with van der Waals surface area (Å²) in [5.41, 5.74) is 1.43. The van der Waals surface area contributed by atoms with E-state index in [0.29, 0.717) is 6.04 Å². The zero-order valence-electron chi connectivity index (χ0n) is 17.4. The fraction of sp³-hybridized carbons (Fsp3) is 0.682. The van der Waals surface area contributed by atoms with Crippen LogP contribution in [0.3, 0.4) is 0 Å². The van der Waals surface area contributed by atoms with Gasteiger partial charge in [-0.1, -0.05) is 43.2 Å². The normalized spacial score (nSPS) is 19.4. The van der Waals surface area contributed by atoms with Crippen molar-refractivity contribution in [3.63, 3.8) is 0 Å². The molecular formula is C22H38IN5. The van der Waals surface area contributed by atoms with Crippen molar-refractivity contribution >= 4 is 29.9 Å². The molecule has 0 radical (unpaired) electrons. The Labute approximate surface area is 188 Å². The summed E-state index contributed by atoms with van der Waals surface area (Å²) in [5.74, 6) is 0.983.